The van der Waals surface area contributed by atoms with Gasteiger partial charge in [0, 0.05) is 35.5 Å². The average Bonchev–Trinajstić information content (AvgIpc) is 2.84. The molecule has 0 saturated carbocycles. The highest BCUT2D eigenvalue weighted by atomic mass is 16.1. The van der Waals surface area contributed by atoms with Crippen molar-refractivity contribution >= 4 is 16.8 Å². The van der Waals surface area contributed by atoms with Crippen LogP contribution in [0.25, 0.3) is 10.9 Å². The number of hydrogen-bond acceptors (Lipinski definition) is 3. The van der Waals surface area contributed by atoms with Crippen molar-refractivity contribution in [1.29, 1.82) is 0 Å². The van der Waals surface area contributed by atoms with Gasteiger partial charge in [0.2, 0.25) is 0 Å². The van der Waals surface area contributed by atoms with Crippen molar-refractivity contribution in [2.45, 2.75) is 13.3 Å². The average molecular weight is 280 g/mol. The minimum absolute atomic E-state index is 0.194. The van der Waals surface area contributed by atoms with E-state index < -0.39 is 0 Å². The fraction of sp³-hybridized carbons (Fsp3) is 0.188. The molecule has 0 unspecified atom stereocenters. The van der Waals surface area contributed by atoms with Gasteiger partial charge < -0.3 is 10.3 Å². The molecule has 21 heavy (non-hydrogen) atoms. The number of nitrogens with one attached hydrogen (secondary N) is 2. The van der Waals surface area contributed by atoms with E-state index in [0.717, 1.165) is 17.6 Å². The number of nitrogens with zero attached hydrogens (tertiary/aromatic N) is 2. The molecule has 1 amide bonds. The Hall–Kier alpha value is -2.69. The number of rotatable bonds is 4. The summed E-state index contributed by atoms with van der Waals surface area (Å²) in [6.07, 6.45) is 5.30. The minimum atomic E-state index is -0.194. The molecule has 2 N–H and O–H groups in total. The summed E-state index contributed by atoms with van der Waals surface area (Å²) in [5, 5.41) is 4.09. The number of H-pyrrole nitrogens is 1. The predicted molar refractivity (Wildman–Crippen MR) is 81.1 cm³/mol. The van der Waals surface area contributed by atoms with Gasteiger partial charge in [-0.05, 0) is 25.0 Å². The molecule has 3 rings (SSSR count). The maximum atomic E-state index is 11.9. The van der Waals surface area contributed by atoms with Crippen LogP contribution in [0.2, 0.25) is 0 Å². The number of aryl methyl sites for hydroxylation is 1. The SMILES string of the molecule is Cc1[nH]c2ccccc2c1CCNC(=O)c1cnccn1. The number of carbonyl (C=O) groups excluding carboxylic acids is 1. The number of para-hydroxylation sites is 1. The van der Waals surface area contributed by atoms with Crippen LogP contribution in [0.4, 0.5) is 0 Å². The molecule has 2 aromatic heterocycles. The quantitative estimate of drug-likeness (QED) is 0.770. The molecule has 0 fully saturated rings. The third-order valence-electron chi connectivity index (χ3n) is 3.48. The van der Waals surface area contributed by atoms with Gasteiger partial charge in [-0.2, -0.15) is 0 Å². The Morgan fingerprint density at radius 2 is 2.14 bits per heavy atom. The van der Waals surface area contributed by atoms with Gasteiger partial charge in [-0.3, -0.25) is 9.78 Å². The molecular formula is C16H16N4O. The maximum absolute atomic E-state index is 11.9. The van der Waals surface area contributed by atoms with Crippen molar-refractivity contribution < 1.29 is 4.79 Å². The van der Waals surface area contributed by atoms with Crippen LogP contribution in [-0.4, -0.2) is 27.4 Å². The number of amides is 1. The van der Waals surface area contributed by atoms with Crippen LogP contribution >= 0.6 is 0 Å². The summed E-state index contributed by atoms with van der Waals surface area (Å²) >= 11 is 0. The van der Waals surface area contributed by atoms with E-state index in [9.17, 15) is 4.79 Å². The van der Waals surface area contributed by atoms with Gasteiger partial charge in [-0.1, -0.05) is 18.2 Å². The summed E-state index contributed by atoms with van der Waals surface area (Å²) in [6.45, 7) is 2.62. The van der Waals surface area contributed by atoms with Gasteiger partial charge >= 0.3 is 0 Å². The molecular weight excluding hydrogens is 264 g/mol. The second-order valence-electron chi connectivity index (χ2n) is 4.87. The molecule has 5 heteroatoms. The van der Waals surface area contributed by atoms with Crippen LogP contribution in [0.15, 0.2) is 42.9 Å². The predicted octanol–water partition coefficient (Wildman–Crippen LogP) is 2.24. The summed E-state index contributed by atoms with van der Waals surface area (Å²) in [5.41, 5.74) is 3.85. The van der Waals surface area contributed by atoms with E-state index in [4.69, 9.17) is 0 Å². The Kier molecular flexibility index (Phi) is 3.64. The van der Waals surface area contributed by atoms with Crippen LogP contribution in [0.5, 0.6) is 0 Å². The molecule has 0 atom stereocenters. The van der Waals surface area contributed by atoms with E-state index in [-0.39, 0.29) is 5.91 Å². The second kappa shape index (κ2) is 5.75. The van der Waals surface area contributed by atoms with E-state index in [1.54, 1.807) is 6.20 Å². The zero-order chi connectivity index (χ0) is 14.7. The van der Waals surface area contributed by atoms with Gasteiger partial charge in [0.15, 0.2) is 0 Å². The summed E-state index contributed by atoms with van der Waals surface area (Å²) < 4.78 is 0. The Morgan fingerprint density at radius 3 is 2.95 bits per heavy atom. The first-order chi connectivity index (χ1) is 10.3. The zero-order valence-electron chi connectivity index (χ0n) is 11.8. The first-order valence-corrected chi connectivity index (χ1v) is 6.86. The molecule has 0 radical (unpaired) electrons. The Morgan fingerprint density at radius 1 is 1.29 bits per heavy atom. The largest absolute Gasteiger partial charge is 0.358 e. The van der Waals surface area contributed by atoms with Gasteiger partial charge in [0.25, 0.3) is 5.91 Å². The number of aromatic nitrogens is 3. The summed E-state index contributed by atoms with van der Waals surface area (Å²) in [7, 11) is 0. The summed E-state index contributed by atoms with van der Waals surface area (Å²) in [5.74, 6) is -0.194. The van der Waals surface area contributed by atoms with Crippen LogP contribution in [0.1, 0.15) is 21.7 Å². The van der Waals surface area contributed by atoms with Gasteiger partial charge in [-0.15, -0.1) is 0 Å². The highest BCUT2D eigenvalue weighted by molar-refractivity contribution is 5.92. The number of fused-ring (bicyclic) bond motifs is 1. The Labute approximate surface area is 122 Å². The first-order valence-electron chi connectivity index (χ1n) is 6.86. The number of benzene rings is 1. The third kappa shape index (κ3) is 2.76. The summed E-state index contributed by atoms with van der Waals surface area (Å²) in [6, 6.07) is 8.19. The normalized spacial score (nSPS) is 10.7. The van der Waals surface area contributed by atoms with Crippen molar-refractivity contribution in [2.24, 2.45) is 0 Å². The monoisotopic (exact) mass is 280 g/mol. The van der Waals surface area contributed by atoms with E-state index in [0.29, 0.717) is 12.2 Å². The maximum Gasteiger partial charge on any atom is 0.271 e. The molecule has 0 spiro atoms. The Bertz CT molecular complexity index is 764. The number of carbonyl (C=O) groups is 1. The van der Waals surface area contributed by atoms with Gasteiger partial charge in [-0.25, -0.2) is 4.98 Å². The Balaban J connectivity index is 1.67. The molecule has 0 saturated heterocycles. The van der Waals surface area contributed by atoms with Crippen molar-refractivity contribution in [3.63, 3.8) is 0 Å². The lowest BCUT2D eigenvalue weighted by Gasteiger charge is -2.05. The molecule has 106 valence electrons. The number of aromatic amines is 1. The highest BCUT2D eigenvalue weighted by Gasteiger charge is 2.09. The molecule has 1 aromatic carbocycles. The van der Waals surface area contributed by atoms with Gasteiger partial charge in [0.1, 0.15) is 5.69 Å². The molecule has 2 heterocycles. The lowest BCUT2D eigenvalue weighted by atomic mass is 10.1. The molecule has 3 aromatic rings. The van der Waals surface area contributed by atoms with Crippen molar-refractivity contribution in [3.05, 3.63) is 59.8 Å². The van der Waals surface area contributed by atoms with Gasteiger partial charge in [0.05, 0.1) is 6.20 Å². The van der Waals surface area contributed by atoms with E-state index in [1.807, 2.05) is 12.1 Å². The smallest absolute Gasteiger partial charge is 0.271 e. The van der Waals surface area contributed by atoms with Crippen LogP contribution < -0.4 is 5.32 Å². The molecule has 0 bridgehead atoms. The fourth-order valence-electron chi connectivity index (χ4n) is 2.46. The van der Waals surface area contributed by atoms with Crippen molar-refractivity contribution in [2.75, 3.05) is 6.54 Å². The van der Waals surface area contributed by atoms with E-state index >= 15 is 0 Å². The van der Waals surface area contributed by atoms with Crippen LogP contribution in [0.3, 0.4) is 0 Å². The van der Waals surface area contributed by atoms with Crippen molar-refractivity contribution in [3.8, 4) is 0 Å². The first kappa shape index (κ1) is 13.3. The van der Waals surface area contributed by atoms with Crippen LogP contribution in [0, 0.1) is 6.92 Å². The molecule has 0 aliphatic rings. The third-order valence-corrected chi connectivity index (χ3v) is 3.48. The van der Waals surface area contributed by atoms with E-state index in [2.05, 4.69) is 39.3 Å². The van der Waals surface area contributed by atoms with E-state index in [1.165, 1.54) is 23.3 Å². The molecule has 0 aliphatic heterocycles. The second-order valence-corrected chi connectivity index (χ2v) is 4.87. The lowest BCUT2D eigenvalue weighted by molar-refractivity contribution is 0.0948. The minimum Gasteiger partial charge on any atom is -0.358 e. The topological polar surface area (TPSA) is 70.7 Å². The number of hydrogen-bond donors (Lipinski definition) is 2. The zero-order valence-corrected chi connectivity index (χ0v) is 11.8. The molecule has 0 aliphatic carbocycles. The van der Waals surface area contributed by atoms with Crippen LogP contribution in [-0.2, 0) is 6.42 Å². The highest BCUT2D eigenvalue weighted by Crippen LogP contribution is 2.21. The fourth-order valence-corrected chi connectivity index (χ4v) is 2.46. The summed E-state index contributed by atoms with van der Waals surface area (Å²) in [4.78, 5) is 23.1. The molecule has 5 nitrogen and oxygen atoms in total. The standard InChI is InChI=1S/C16H16N4O/c1-11-12(13-4-2-3-5-14(13)20-11)6-7-19-16(21)15-10-17-8-9-18-15/h2-5,8-10,20H,6-7H2,1H3,(H,19,21). The lowest BCUT2D eigenvalue weighted by Crippen LogP contribution is -2.26. The van der Waals surface area contributed by atoms with Crippen molar-refractivity contribution in [1.82, 2.24) is 20.3 Å².